The molecule has 74 valence electrons. The first-order chi connectivity index (χ1) is 6.33. The van der Waals surface area contributed by atoms with E-state index in [0.717, 1.165) is 25.0 Å². The summed E-state index contributed by atoms with van der Waals surface area (Å²) in [7, 11) is 0. The monoisotopic (exact) mass is 182 g/mol. The molecular weight excluding hydrogens is 164 g/mol. The van der Waals surface area contributed by atoms with Crippen molar-refractivity contribution in [2.75, 3.05) is 0 Å². The number of carbonyl (C=O) groups is 1. The Balaban J connectivity index is 2.25. The smallest absolute Gasteiger partial charge is 0.240 e. The van der Waals surface area contributed by atoms with Crippen LogP contribution in [0.1, 0.15) is 51.9 Å². The van der Waals surface area contributed by atoms with Gasteiger partial charge in [0, 0.05) is 12.1 Å². The maximum absolute atomic E-state index is 11.1. The summed E-state index contributed by atoms with van der Waals surface area (Å²) in [6.45, 7) is 1.99. The quantitative estimate of drug-likeness (QED) is 0.668. The Morgan fingerprint density at radius 2 is 2.08 bits per heavy atom. The predicted molar refractivity (Wildman–Crippen MR) is 53.6 cm³/mol. The second-order valence-corrected chi connectivity index (χ2v) is 3.52. The fourth-order valence-corrected chi connectivity index (χ4v) is 1.50. The average molecular weight is 182 g/mol. The van der Waals surface area contributed by atoms with E-state index in [2.05, 4.69) is 10.5 Å². The van der Waals surface area contributed by atoms with Crippen molar-refractivity contribution in [3.8, 4) is 0 Å². The minimum Gasteiger partial charge on any atom is -0.273 e. The van der Waals surface area contributed by atoms with Gasteiger partial charge in [-0.2, -0.15) is 5.10 Å². The Hall–Kier alpha value is -0.860. The highest BCUT2D eigenvalue weighted by Gasteiger charge is 2.06. The van der Waals surface area contributed by atoms with Gasteiger partial charge in [-0.1, -0.05) is 13.3 Å². The van der Waals surface area contributed by atoms with Crippen LogP contribution in [0.25, 0.3) is 0 Å². The molecule has 0 aromatic rings. The number of carbonyl (C=O) groups excluding carboxylic acids is 1. The first-order valence-corrected chi connectivity index (χ1v) is 5.17. The molecule has 0 bridgehead atoms. The van der Waals surface area contributed by atoms with Gasteiger partial charge in [0.05, 0.1) is 0 Å². The van der Waals surface area contributed by atoms with Gasteiger partial charge in [0.15, 0.2) is 0 Å². The van der Waals surface area contributed by atoms with Crippen LogP contribution in [-0.2, 0) is 4.79 Å². The highest BCUT2D eigenvalue weighted by molar-refractivity contribution is 5.86. The molecule has 1 rings (SSSR count). The SMILES string of the molecule is CCCC(=O)NN=C1CCCCC1. The van der Waals surface area contributed by atoms with Crippen LogP contribution in [0.15, 0.2) is 5.10 Å². The summed E-state index contributed by atoms with van der Waals surface area (Å²) in [4.78, 5) is 11.1. The third-order valence-corrected chi connectivity index (χ3v) is 2.25. The Labute approximate surface area is 79.6 Å². The fraction of sp³-hybridized carbons (Fsp3) is 0.800. The van der Waals surface area contributed by atoms with Crippen molar-refractivity contribution in [2.45, 2.75) is 51.9 Å². The molecule has 0 radical (unpaired) electrons. The lowest BCUT2D eigenvalue weighted by atomic mass is 9.99. The summed E-state index contributed by atoms with van der Waals surface area (Å²) in [5, 5.41) is 4.12. The number of nitrogens with one attached hydrogen (secondary N) is 1. The van der Waals surface area contributed by atoms with E-state index in [1.807, 2.05) is 6.92 Å². The standard InChI is InChI=1S/C10H18N2O/c1-2-6-10(13)12-11-9-7-4-3-5-8-9/h2-8H2,1H3,(H,12,13). The normalized spacial score (nSPS) is 16.8. The zero-order valence-corrected chi connectivity index (χ0v) is 8.31. The lowest BCUT2D eigenvalue weighted by molar-refractivity contribution is -0.121. The first kappa shape index (κ1) is 10.2. The Morgan fingerprint density at radius 3 is 2.69 bits per heavy atom. The molecule has 0 unspecified atom stereocenters. The molecule has 3 nitrogen and oxygen atoms in total. The zero-order chi connectivity index (χ0) is 9.52. The van der Waals surface area contributed by atoms with Crippen LogP contribution in [0.3, 0.4) is 0 Å². The molecule has 3 heteroatoms. The Kier molecular flexibility index (Phi) is 4.50. The van der Waals surface area contributed by atoms with Crippen LogP contribution >= 0.6 is 0 Å². The van der Waals surface area contributed by atoms with Gasteiger partial charge in [-0.25, -0.2) is 5.43 Å². The number of rotatable bonds is 3. The van der Waals surface area contributed by atoms with Gasteiger partial charge in [0.2, 0.25) is 5.91 Å². The summed E-state index contributed by atoms with van der Waals surface area (Å²) in [5.41, 5.74) is 3.77. The van der Waals surface area contributed by atoms with Gasteiger partial charge < -0.3 is 0 Å². The van der Waals surface area contributed by atoms with Crippen molar-refractivity contribution < 1.29 is 4.79 Å². The molecule has 0 heterocycles. The van der Waals surface area contributed by atoms with E-state index in [9.17, 15) is 4.79 Å². The third-order valence-electron chi connectivity index (χ3n) is 2.25. The van der Waals surface area contributed by atoms with Crippen molar-refractivity contribution in [1.29, 1.82) is 0 Å². The lowest BCUT2D eigenvalue weighted by Gasteiger charge is -2.11. The molecule has 0 aromatic heterocycles. The maximum atomic E-state index is 11.1. The number of hydrogen-bond acceptors (Lipinski definition) is 2. The van der Waals surface area contributed by atoms with Gasteiger partial charge in [-0.3, -0.25) is 4.79 Å². The fourth-order valence-electron chi connectivity index (χ4n) is 1.50. The molecule has 13 heavy (non-hydrogen) atoms. The molecule has 1 aliphatic carbocycles. The van der Waals surface area contributed by atoms with Gasteiger partial charge in [-0.05, 0) is 32.1 Å². The molecular formula is C10H18N2O. The predicted octanol–water partition coefficient (Wildman–Crippen LogP) is 2.22. The average Bonchev–Trinajstić information content (AvgIpc) is 2.17. The summed E-state index contributed by atoms with van der Waals surface area (Å²) in [6, 6.07) is 0. The van der Waals surface area contributed by atoms with E-state index in [-0.39, 0.29) is 5.91 Å². The molecule has 0 saturated heterocycles. The molecule has 1 aliphatic rings. The number of hydrazone groups is 1. The van der Waals surface area contributed by atoms with Crippen LogP contribution < -0.4 is 5.43 Å². The zero-order valence-electron chi connectivity index (χ0n) is 8.31. The first-order valence-electron chi connectivity index (χ1n) is 5.17. The van der Waals surface area contributed by atoms with Gasteiger partial charge >= 0.3 is 0 Å². The largest absolute Gasteiger partial charge is 0.273 e. The second kappa shape index (κ2) is 5.73. The highest BCUT2D eigenvalue weighted by Crippen LogP contribution is 2.14. The molecule has 0 aliphatic heterocycles. The highest BCUT2D eigenvalue weighted by atomic mass is 16.2. The molecule has 0 aromatic carbocycles. The van der Waals surface area contributed by atoms with Crippen molar-refractivity contribution in [3.05, 3.63) is 0 Å². The van der Waals surface area contributed by atoms with E-state index < -0.39 is 0 Å². The minimum absolute atomic E-state index is 0.0422. The summed E-state index contributed by atoms with van der Waals surface area (Å²) >= 11 is 0. The molecule has 1 fully saturated rings. The van der Waals surface area contributed by atoms with Gasteiger partial charge in [0.25, 0.3) is 0 Å². The number of amides is 1. The van der Waals surface area contributed by atoms with Crippen molar-refractivity contribution in [1.82, 2.24) is 5.43 Å². The Morgan fingerprint density at radius 1 is 1.38 bits per heavy atom. The Bertz CT molecular complexity index is 191. The van der Waals surface area contributed by atoms with Crippen LogP contribution in [0.4, 0.5) is 0 Å². The molecule has 0 atom stereocenters. The maximum Gasteiger partial charge on any atom is 0.240 e. The molecule has 0 spiro atoms. The van der Waals surface area contributed by atoms with Crippen LogP contribution in [0, 0.1) is 0 Å². The second-order valence-electron chi connectivity index (χ2n) is 3.52. The summed E-state index contributed by atoms with van der Waals surface area (Å²) in [6.07, 6.45) is 7.35. The van der Waals surface area contributed by atoms with E-state index in [0.29, 0.717) is 6.42 Å². The summed E-state index contributed by atoms with van der Waals surface area (Å²) < 4.78 is 0. The topological polar surface area (TPSA) is 41.5 Å². The van der Waals surface area contributed by atoms with E-state index in [1.165, 1.54) is 19.3 Å². The van der Waals surface area contributed by atoms with Crippen molar-refractivity contribution in [3.63, 3.8) is 0 Å². The van der Waals surface area contributed by atoms with Gasteiger partial charge in [-0.15, -0.1) is 0 Å². The number of hydrogen-bond donors (Lipinski definition) is 1. The van der Waals surface area contributed by atoms with E-state index >= 15 is 0 Å². The third kappa shape index (κ3) is 4.06. The van der Waals surface area contributed by atoms with E-state index in [4.69, 9.17) is 0 Å². The van der Waals surface area contributed by atoms with Crippen LogP contribution in [-0.4, -0.2) is 11.6 Å². The minimum atomic E-state index is 0.0422. The number of nitrogens with zero attached hydrogens (tertiary/aromatic N) is 1. The van der Waals surface area contributed by atoms with Gasteiger partial charge in [0.1, 0.15) is 0 Å². The van der Waals surface area contributed by atoms with Crippen LogP contribution in [0.5, 0.6) is 0 Å². The molecule has 1 N–H and O–H groups in total. The van der Waals surface area contributed by atoms with Crippen molar-refractivity contribution in [2.24, 2.45) is 5.10 Å². The molecule has 1 saturated carbocycles. The van der Waals surface area contributed by atoms with Crippen LogP contribution in [0.2, 0.25) is 0 Å². The summed E-state index contributed by atoms with van der Waals surface area (Å²) in [5.74, 6) is 0.0422. The molecule has 1 amide bonds. The lowest BCUT2D eigenvalue weighted by Crippen LogP contribution is -2.19. The van der Waals surface area contributed by atoms with Crippen molar-refractivity contribution >= 4 is 11.6 Å². The van der Waals surface area contributed by atoms with E-state index in [1.54, 1.807) is 0 Å².